The molecule has 1 aliphatic carbocycles. The molecule has 1 fully saturated rings. The molecule has 4 rings (SSSR count). The zero-order chi connectivity index (χ0) is 28.9. The summed E-state index contributed by atoms with van der Waals surface area (Å²) in [6.07, 6.45) is 4.93. The summed E-state index contributed by atoms with van der Waals surface area (Å²) in [6, 6.07) is 7.70. The number of aliphatic hydroxyl groups is 1. The molecule has 1 saturated carbocycles. The predicted octanol–water partition coefficient (Wildman–Crippen LogP) is 3.67. The molecule has 10 nitrogen and oxygen atoms in total. The quantitative estimate of drug-likeness (QED) is 0.429. The van der Waals surface area contributed by atoms with Gasteiger partial charge in [0.2, 0.25) is 5.91 Å². The van der Waals surface area contributed by atoms with Crippen molar-refractivity contribution in [3.63, 3.8) is 0 Å². The van der Waals surface area contributed by atoms with Gasteiger partial charge in [-0.15, -0.1) is 11.3 Å². The number of aliphatic hydroxyl groups excluding tert-OH is 1. The largest absolute Gasteiger partial charge is 0.488 e. The molecule has 2 heterocycles. The third-order valence-corrected chi connectivity index (χ3v) is 10.4. The normalized spacial score (nSPS) is 21.3. The van der Waals surface area contributed by atoms with Crippen molar-refractivity contribution in [3.8, 4) is 5.75 Å². The molecule has 3 amide bonds. The van der Waals surface area contributed by atoms with Crippen LogP contribution in [-0.4, -0.2) is 80.2 Å². The Morgan fingerprint density at radius 2 is 2.00 bits per heavy atom. The first-order valence-corrected chi connectivity index (χ1v) is 16.2. The minimum Gasteiger partial charge on any atom is -0.488 e. The summed E-state index contributed by atoms with van der Waals surface area (Å²) in [6.45, 7) is 4.20. The number of ether oxygens (including phenoxy) is 1. The van der Waals surface area contributed by atoms with Gasteiger partial charge in [-0.2, -0.15) is 0 Å². The zero-order valence-electron chi connectivity index (χ0n) is 23.3. The molecule has 1 aliphatic heterocycles. The number of likely N-dealkylation sites (N-methyl/N-ethyl adjacent to an activating group) is 1. The number of thiophene rings is 1. The molecule has 40 heavy (non-hydrogen) atoms. The Hall–Kier alpha value is -2.83. The third-order valence-electron chi connectivity index (χ3n) is 7.66. The Morgan fingerprint density at radius 3 is 2.67 bits per heavy atom. The van der Waals surface area contributed by atoms with Gasteiger partial charge in [-0.25, -0.2) is 13.2 Å². The number of anilines is 1. The van der Waals surface area contributed by atoms with Crippen molar-refractivity contribution in [1.29, 1.82) is 0 Å². The molecule has 1 aromatic heterocycles. The highest BCUT2D eigenvalue weighted by atomic mass is 32.2. The zero-order valence-corrected chi connectivity index (χ0v) is 25.0. The van der Waals surface area contributed by atoms with Crippen molar-refractivity contribution >= 4 is 39.0 Å². The van der Waals surface area contributed by atoms with Crippen LogP contribution in [0.4, 0.5) is 10.5 Å². The minimum absolute atomic E-state index is 0.0221. The van der Waals surface area contributed by atoms with Crippen LogP contribution < -0.4 is 14.8 Å². The van der Waals surface area contributed by atoms with Crippen LogP contribution in [0.5, 0.6) is 5.75 Å². The molecule has 12 heteroatoms. The summed E-state index contributed by atoms with van der Waals surface area (Å²) in [5, 5.41) is 14.7. The van der Waals surface area contributed by atoms with Crippen LogP contribution in [0.15, 0.2) is 39.9 Å². The number of hydrogen-bond donors (Lipinski definition) is 3. The SMILES string of the molecule is C[C@@H]1CN([C@@H](C)CO)C(=O)Cc2cc(NS(=O)(=O)c3cccs3)ccc2O[C@H]1CN(C)C(=O)NC1CCCCC1. The van der Waals surface area contributed by atoms with Crippen LogP contribution >= 0.6 is 11.3 Å². The number of rotatable bonds is 8. The van der Waals surface area contributed by atoms with E-state index in [2.05, 4.69) is 10.0 Å². The van der Waals surface area contributed by atoms with Crippen molar-refractivity contribution in [3.05, 3.63) is 41.3 Å². The van der Waals surface area contributed by atoms with Crippen molar-refractivity contribution < 1.29 is 27.9 Å². The number of nitrogens with zero attached hydrogens (tertiary/aromatic N) is 2. The summed E-state index contributed by atoms with van der Waals surface area (Å²) < 4.78 is 34.8. The summed E-state index contributed by atoms with van der Waals surface area (Å²) in [4.78, 5) is 29.7. The molecule has 0 unspecified atom stereocenters. The lowest BCUT2D eigenvalue weighted by Crippen LogP contribution is -2.50. The lowest BCUT2D eigenvalue weighted by atomic mass is 9.96. The van der Waals surface area contributed by atoms with E-state index in [0.29, 0.717) is 30.1 Å². The van der Waals surface area contributed by atoms with Crippen molar-refractivity contribution in [2.24, 2.45) is 5.92 Å². The van der Waals surface area contributed by atoms with E-state index in [-0.39, 0.29) is 41.1 Å². The van der Waals surface area contributed by atoms with Gasteiger partial charge in [-0.05, 0) is 49.4 Å². The van der Waals surface area contributed by atoms with Crippen molar-refractivity contribution in [2.45, 2.75) is 74.8 Å². The molecular formula is C28H40N4O6S2. The molecule has 2 aliphatic rings. The first-order chi connectivity index (χ1) is 19.1. The second kappa shape index (κ2) is 13.2. The van der Waals surface area contributed by atoms with Gasteiger partial charge >= 0.3 is 6.03 Å². The minimum atomic E-state index is -3.77. The number of carbonyl (C=O) groups is 2. The highest BCUT2D eigenvalue weighted by Gasteiger charge is 2.32. The molecule has 0 saturated heterocycles. The average molecular weight is 593 g/mol. The number of benzene rings is 1. The van der Waals surface area contributed by atoms with Gasteiger partial charge < -0.3 is 25.0 Å². The van der Waals surface area contributed by atoms with E-state index in [1.807, 2.05) is 6.92 Å². The van der Waals surface area contributed by atoms with Gasteiger partial charge in [0.1, 0.15) is 16.1 Å². The smallest absolute Gasteiger partial charge is 0.317 e. The lowest BCUT2D eigenvalue weighted by molar-refractivity contribution is -0.134. The Bertz CT molecular complexity index is 1260. The number of hydrogen-bond acceptors (Lipinski definition) is 7. The number of sulfonamides is 1. The topological polar surface area (TPSA) is 128 Å². The Labute approximate surface area is 240 Å². The van der Waals surface area contributed by atoms with Gasteiger partial charge in [0, 0.05) is 36.8 Å². The van der Waals surface area contributed by atoms with E-state index < -0.39 is 22.2 Å². The van der Waals surface area contributed by atoms with Crippen LogP contribution in [-0.2, 0) is 21.2 Å². The molecular weight excluding hydrogens is 552 g/mol. The van der Waals surface area contributed by atoms with Crippen LogP contribution in [0.25, 0.3) is 0 Å². The second-order valence-electron chi connectivity index (χ2n) is 10.9. The monoisotopic (exact) mass is 592 g/mol. The molecule has 0 spiro atoms. The maximum Gasteiger partial charge on any atom is 0.317 e. The van der Waals surface area contributed by atoms with Crippen molar-refractivity contribution in [1.82, 2.24) is 15.1 Å². The van der Waals surface area contributed by atoms with Gasteiger partial charge in [-0.1, -0.05) is 32.3 Å². The average Bonchev–Trinajstić information content (AvgIpc) is 3.49. The Morgan fingerprint density at radius 1 is 1.25 bits per heavy atom. The highest BCUT2D eigenvalue weighted by molar-refractivity contribution is 7.94. The standard InChI is InChI=1S/C28H40N4O6S2/c1-19-16-32(20(2)18-33)26(34)15-21-14-23(30-40(36,37)27-10-7-13-39-27)11-12-24(21)38-25(19)17-31(3)28(35)29-22-8-5-4-6-9-22/h7,10-14,19-20,22,25,30,33H,4-6,8-9,15-18H2,1-3H3,(H,29,35)/t19-,20+,25+/m1/s1. The fourth-order valence-electron chi connectivity index (χ4n) is 5.22. The molecule has 1 aromatic carbocycles. The van der Waals surface area contributed by atoms with Crippen LogP contribution in [0.2, 0.25) is 0 Å². The predicted molar refractivity (Wildman–Crippen MR) is 155 cm³/mol. The van der Waals surface area contributed by atoms with Gasteiger partial charge in [0.15, 0.2) is 0 Å². The molecule has 220 valence electrons. The number of urea groups is 1. The number of carbonyl (C=O) groups excluding carboxylic acids is 2. The maximum atomic E-state index is 13.4. The van der Waals surface area contributed by atoms with Gasteiger partial charge in [0.05, 0.1) is 25.6 Å². The third kappa shape index (κ3) is 7.46. The van der Waals surface area contributed by atoms with Crippen LogP contribution in [0, 0.1) is 5.92 Å². The maximum absolute atomic E-state index is 13.4. The Kier molecular flexibility index (Phi) is 9.96. The van der Waals surface area contributed by atoms with Crippen molar-refractivity contribution in [2.75, 3.05) is 31.5 Å². The number of nitrogens with one attached hydrogen (secondary N) is 2. The Balaban J connectivity index is 1.58. The van der Waals surface area contributed by atoms with E-state index in [1.54, 1.807) is 53.4 Å². The van der Waals surface area contributed by atoms with E-state index in [0.717, 1.165) is 37.0 Å². The summed E-state index contributed by atoms with van der Waals surface area (Å²) in [5.74, 6) is 0.107. The molecule has 3 N–H and O–H groups in total. The van der Waals surface area contributed by atoms with E-state index >= 15 is 0 Å². The number of fused-ring (bicyclic) bond motifs is 1. The molecule has 2 aromatic rings. The fraction of sp³-hybridized carbons (Fsp3) is 0.571. The second-order valence-corrected chi connectivity index (χ2v) is 13.8. The summed E-state index contributed by atoms with van der Waals surface area (Å²) >= 11 is 1.12. The van der Waals surface area contributed by atoms with Crippen LogP contribution in [0.1, 0.15) is 51.5 Å². The number of amides is 3. The fourth-order valence-corrected chi connectivity index (χ4v) is 7.26. The first kappa shape index (κ1) is 30.1. The van der Waals surface area contributed by atoms with Crippen LogP contribution in [0.3, 0.4) is 0 Å². The van der Waals surface area contributed by atoms with E-state index in [9.17, 15) is 23.1 Å². The molecule has 0 radical (unpaired) electrons. The van der Waals surface area contributed by atoms with E-state index in [4.69, 9.17) is 4.74 Å². The highest BCUT2D eigenvalue weighted by Crippen LogP contribution is 2.30. The summed E-state index contributed by atoms with van der Waals surface area (Å²) in [7, 11) is -2.03. The molecule has 0 bridgehead atoms. The van der Waals surface area contributed by atoms with E-state index in [1.165, 1.54) is 12.5 Å². The van der Waals surface area contributed by atoms with Gasteiger partial charge in [0.25, 0.3) is 10.0 Å². The lowest BCUT2D eigenvalue weighted by Gasteiger charge is -2.34. The molecule has 3 atom stereocenters. The summed E-state index contributed by atoms with van der Waals surface area (Å²) in [5.41, 5.74) is 0.845. The first-order valence-electron chi connectivity index (χ1n) is 13.8. The van der Waals surface area contributed by atoms with Gasteiger partial charge in [-0.3, -0.25) is 9.52 Å².